The van der Waals surface area contributed by atoms with Gasteiger partial charge < -0.3 is 41.5 Å². The van der Waals surface area contributed by atoms with Crippen LogP contribution in [0.15, 0.2) is 41.9 Å². The number of hydrogen-bond donors (Lipinski definition) is 2. The molecule has 28 heavy (non-hydrogen) atoms. The van der Waals surface area contributed by atoms with Gasteiger partial charge in [-0.3, -0.25) is 0 Å². The van der Waals surface area contributed by atoms with Gasteiger partial charge in [0.25, 0.3) is 0 Å². The first-order valence-electron chi connectivity index (χ1n) is 6.34. The Morgan fingerprint density at radius 2 is 1.46 bits per heavy atom. The normalized spacial score (nSPS) is 8.50. The van der Waals surface area contributed by atoms with Gasteiger partial charge in [-0.05, 0) is 0 Å². The van der Waals surface area contributed by atoms with Crippen LogP contribution < -0.4 is 11.6 Å². The maximum Gasteiger partial charge on any atom is 0.130 e. The van der Waals surface area contributed by atoms with Gasteiger partial charge in [0.1, 0.15) is 16.9 Å². The molecule has 0 fully saturated rings. The van der Waals surface area contributed by atoms with Crippen LogP contribution in [-0.2, 0) is 98.1 Å². The standard InChI is InChI=1S/C5H6N5.C5H2N3.C4H2ClN2.3Y/c6-4(10-7)5-8-2-1-3-9-5;6-4-5-7-2-1-3-8-5;5-4-6-2-1-3-7-4;;;/h1-2H,7H2,(H2,6,10);1-2H;1-2H;;;/q3*-1;;;. The van der Waals surface area contributed by atoms with Crippen molar-refractivity contribution in [1.82, 2.24) is 29.9 Å². The Hall–Kier alpha value is -0.398. The molecule has 4 N–H and O–H groups in total. The van der Waals surface area contributed by atoms with Gasteiger partial charge in [-0.15, -0.1) is 29.8 Å². The van der Waals surface area contributed by atoms with Crippen LogP contribution in [0.25, 0.3) is 0 Å². The fourth-order valence-electron chi connectivity index (χ4n) is 1.02. The molecule has 0 spiro atoms. The number of aromatic nitrogens is 6. The molecule has 135 valence electrons. The molecule has 0 aromatic carbocycles. The number of halogens is 1. The van der Waals surface area contributed by atoms with Gasteiger partial charge in [0.2, 0.25) is 0 Å². The van der Waals surface area contributed by atoms with Crippen molar-refractivity contribution >= 4 is 17.4 Å². The van der Waals surface area contributed by atoms with Crippen molar-refractivity contribution in [2.75, 3.05) is 0 Å². The van der Waals surface area contributed by atoms with Gasteiger partial charge in [0.15, 0.2) is 0 Å². The fraction of sp³-hybridized carbons (Fsp3) is 0. The van der Waals surface area contributed by atoms with Crippen LogP contribution in [0.2, 0.25) is 5.28 Å². The molecule has 0 unspecified atom stereocenters. The number of nitriles is 1. The maximum absolute atomic E-state index is 8.14. The number of rotatable bonds is 1. The zero-order chi connectivity index (χ0) is 18.3. The van der Waals surface area contributed by atoms with E-state index in [0.29, 0.717) is 5.82 Å². The molecule has 3 aromatic heterocycles. The molecule has 3 radical (unpaired) electrons. The molecule has 0 aliphatic rings. The molecular formula is C14H10ClN10Y3-3. The van der Waals surface area contributed by atoms with Gasteiger partial charge in [-0.1, -0.05) is 37.2 Å². The SMILES string of the molecule is Clc1n[c-]ccn1.N#Cc1n[c-]ccn1.N/N=C(/N)c1n[c-]ccn1.[Y].[Y].[Y]. The van der Waals surface area contributed by atoms with Crippen molar-refractivity contribution < 1.29 is 98.1 Å². The summed E-state index contributed by atoms with van der Waals surface area (Å²) in [6, 6.07) is 6.47. The summed E-state index contributed by atoms with van der Waals surface area (Å²) in [5.74, 6) is 5.44. The molecular weight excluding hydrogens is 610 g/mol. The van der Waals surface area contributed by atoms with E-state index < -0.39 is 0 Å². The summed E-state index contributed by atoms with van der Waals surface area (Å²) in [7, 11) is 0. The zero-order valence-corrected chi connectivity index (χ0v) is 23.6. The summed E-state index contributed by atoms with van der Waals surface area (Å²) in [5.41, 5.74) is 5.27. The van der Waals surface area contributed by atoms with E-state index in [2.05, 4.69) is 53.6 Å². The molecule has 3 heterocycles. The molecule has 0 bridgehead atoms. The Morgan fingerprint density at radius 3 is 1.75 bits per heavy atom. The molecule has 0 aliphatic heterocycles. The van der Waals surface area contributed by atoms with E-state index in [1.807, 2.05) is 0 Å². The van der Waals surface area contributed by atoms with Gasteiger partial charge in [-0.2, -0.15) is 5.10 Å². The molecule has 10 nitrogen and oxygen atoms in total. The second-order valence-corrected chi connectivity index (χ2v) is 3.94. The molecule has 0 aliphatic carbocycles. The van der Waals surface area contributed by atoms with Crippen molar-refractivity contribution in [3.63, 3.8) is 0 Å². The van der Waals surface area contributed by atoms with Crippen molar-refractivity contribution in [2.45, 2.75) is 0 Å². The summed E-state index contributed by atoms with van der Waals surface area (Å²) < 4.78 is 0. The first kappa shape index (κ1) is 32.3. The molecule has 0 amide bonds. The van der Waals surface area contributed by atoms with Crippen LogP contribution in [0.5, 0.6) is 0 Å². The van der Waals surface area contributed by atoms with Gasteiger partial charge in [-0.25, -0.2) is 5.26 Å². The van der Waals surface area contributed by atoms with Crippen molar-refractivity contribution in [1.29, 1.82) is 5.26 Å². The summed E-state index contributed by atoms with van der Waals surface area (Å²) >= 11 is 5.29. The van der Waals surface area contributed by atoms with Crippen molar-refractivity contribution in [2.24, 2.45) is 16.7 Å². The smallest absolute Gasteiger partial charge is 0.130 e. The molecule has 3 aromatic rings. The van der Waals surface area contributed by atoms with Crippen molar-refractivity contribution in [3.8, 4) is 6.07 Å². The Labute approximate surface area is 242 Å². The summed E-state index contributed by atoms with van der Waals surface area (Å²) in [6.07, 6.45) is 12.1. The predicted octanol–water partition coefficient (Wildman–Crippen LogP) is -0.0731. The van der Waals surface area contributed by atoms with Crippen LogP contribution in [0, 0.1) is 29.9 Å². The van der Waals surface area contributed by atoms with Gasteiger partial charge in [0.05, 0.1) is 11.9 Å². The number of nitrogens with two attached hydrogens (primary N) is 2. The summed E-state index contributed by atoms with van der Waals surface area (Å²) in [6.45, 7) is 0. The van der Waals surface area contributed by atoms with E-state index in [1.165, 1.54) is 18.6 Å². The van der Waals surface area contributed by atoms with Crippen LogP contribution in [0.1, 0.15) is 11.6 Å². The van der Waals surface area contributed by atoms with E-state index in [9.17, 15) is 0 Å². The number of hydrogen-bond acceptors (Lipinski definition) is 9. The molecule has 14 heteroatoms. The first-order valence-corrected chi connectivity index (χ1v) is 6.71. The van der Waals surface area contributed by atoms with Crippen LogP contribution >= 0.6 is 11.6 Å². The minimum atomic E-state index is 0. The van der Waals surface area contributed by atoms with E-state index in [1.54, 1.807) is 24.3 Å². The molecule has 0 saturated heterocycles. The van der Waals surface area contributed by atoms with Crippen LogP contribution in [0.3, 0.4) is 0 Å². The minimum absolute atomic E-state index is 0. The van der Waals surface area contributed by atoms with Gasteiger partial charge >= 0.3 is 0 Å². The van der Waals surface area contributed by atoms with E-state index in [-0.39, 0.29) is 115 Å². The quantitative estimate of drug-likeness (QED) is 0.0946. The minimum Gasteiger partial charge on any atom is -0.389 e. The first-order chi connectivity index (χ1) is 12.2. The Kier molecular flexibility index (Phi) is 24.6. The summed E-state index contributed by atoms with van der Waals surface area (Å²) in [4.78, 5) is 21.7. The van der Waals surface area contributed by atoms with Gasteiger partial charge in [0, 0.05) is 98.1 Å². The maximum atomic E-state index is 8.14. The van der Waals surface area contributed by atoms with Crippen molar-refractivity contribution in [3.05, 3.63) is 72.3 Å². The number of nitrogens with zero attached hydrogens (tertiary/aromatic N) is 8. The third kappa shape index (κ3) is 15.5. The second kappa shape index (κ2) is 21.3. The third-order valence-electron chi connectivity index (χ3n) is 1.99. The Balaban J connectivity index is -0.000000322. The van der Waals surface area contributed by atoms with Crippen LogP contribution in [0.4, 0.5) is 0 Å². The van der Waals surface area contributed by atoms with E-state index in [0.717, 1.165) is 0 Å². The number of amidine groups is 1. The molecule has 0 saturated carbocycles. The Bertz CT molecular complexity index is 804. The topological polar surface area (TPSA) is 166 Å². The number of hydrazone groups is 1. The predicted molar refractivity (Wildman–Crippen MR) is 87.2 cm³/mol. The monoisotopic (exact) mass is 620 g/mol. The largest absolute Gasteiger partial charge is 0.389 e. The Morgan fingerprint density at radius 1 is 0.929 bits per heavy atom. The average molecular weight is 620 g/mol. The fourth-order valence-corrected chi connectivity index (χ4v) is 1.13. The second-order valence-electron chi connectivity index (χ2n) is 3.60. The van der Waals surface area contributed by atoms with E-state index in [4.69, 9.17) is 28.4 Å². The molecule has 0 atom stereocenters. The summed E-state index contributed by atoms with van der Waals surface area (Å²) in [5, 5.41) is 11.6. The van der Waals surface area contributed by atoms with Crippen LogP contribution in [-0.4, -0.2) is 35.7 Å². The third-order valence-corrected chi connectivity index (χ3v) is 2.17. The molecule has 3 rings (SSSR count). The average Bonchev–Trinajstić information content (AvgIpc) is 2.70. The van der Waals surface area contributed by atoms with E-state index >= 15 is 0 Å². The zero-order valence-electron chi connectivity index (χ0n) is 14.3.